The number of carbonyl (C=O) groups is 1. The van der Waals surface area contributed by atoms with Crippen LogP contribution in [0.5, 0.6) is 0 Å². The van der Waals surface area contributed by atoms with Gasteiger partial charge in [-0.1, -0.05) is 24.3 Å². The van der Waals surface area contributed by atoms with Crippen molar-refractivity contribution < 1.29 is 17.9 Å². The van der Waals surface area contributed by atoms with Crippen LogP contribution in [0.2, 0.25) is 0 Å². The molecule has 8 nitrogen and oxygen atoms in total. The maximum atomic E-state index is 12.4. The van der Waals surface area contributed by atoms with Gasteiger partial charge in [0.1, 0.15) is 12.4 Å². The van der Waals surface area contributed by atoms with Gasteiger partial charge in [0.05, 0.1) is 23.0 Å². The Kier molecular flexibility index (Phi) is 5.26. The molecule has 3 rings (SSSR count). The Hall–Kier alpha value is -2.75. The van der Waals surface area contributed by atoms with Crippen LogP contribution in [0.1, 0.15) is 11.4 Å². The van der Waals surface area contributed by atoms with Gasteiger partial charge < -0.3 is 9.30 Å². The summed E-state index contributed by atoms with van der Waals surface area (Å²) in [6.45, 7) is 1.93. The third-order valence-corrected chi connectivity index (χ3v) is 5.84. The van der Waals surface area contributed by atoms with E-state index in [2.05, 4.69) is 14.3 Å². The molecule has 0 radical (unpaired) electrons. The standard InChI is InChI=1S/C18H20N4O4S/c1-13-20-16-5-3-4-6-17(16)21(13)11-14-7-9-15(10-8-14)27(24,25)22(19)12-18(23)26-2/h3-10H,11-12,19H2,1-2H3. The molecule has 0 bridgehead atoms. The first-order valence-electron chi connectivity index (χ1n) is 8.18. The minimum Gasteiger partial charge on any atom is -0.468 e. The smallest absolute Gasteiger partial charge is 0.322 e. The maximum absolute atomic E-state index is 12.4. The summed E-state index contributed by atoms with van der Waals surface area (Å²) in [5.74, 6) is 5.66. The number of aromatic nitrogens is 2. The highest BCUT2D eigenvalue weighted by molar-refractivity contribution is 7.89. The van der Waals surface area contributed by atoms with Gasteiger partial charge in [0.15, 0.2) is 0 Å². The van der Waals surface area contributed by atoms with Crippen LogP contribution in [0.15, 0.2) is 53.4 Å². The minimum atomic E-state index is -3.97. The molecule has 2 aromatic carbocycles. The Labute approximate surface area is 157 Å². The second kappa shape index (κ2) is 7.47. The number of para-hydroxylation sites is 2. The summed E-state index contributed by atoms with van der Waals surface area (Å²) in [4.78, 5) is 15.8. The number of imidazole rings is 1. The van der Waals surface area contributed by atoms with Crippen molar-refractivity contribution in [2.75, 3.05) is 13.7 Å². The van der Waals surface area contributed by atoms with Crippen LogP contribution in [0.4, 0.5) is 0 Å². The zero-order valence-electron chi connectivity index (χ0n) is 15.0. The van der Waals surface area contributed by atoms with Crippen LogP contribution in [0, 0.1) is 6.92 Å². The first-order valence-corrected chi connectivity index (χ1v) is 9.62. The molecule has 3 aromatic rings. The van der Waals surface area contributed by atoms with Crippen LogP contribution in [-0.4, -0.2) is 42.0 Å². The fraction of sp³-hybridized carbons (Fsp3) is 0.222. The molecule has 0 spiro atoms. The summed E-state index contributed by atoms with van der Waals surface area (Å²) in [5.41, 5.74) is 2.84. The molecule has 0 aliphatic rings. The highest BCUT2D eigenvalue weighted by atomic mass is 32.2. The van der Waals surface area contributed by atoms with Crippen LogP contribution in [-0.2, 0) is 26.1 Å². The summed E-state index contributed by atoms with van der Waals surface area (Å²) in [7, 11) is -2.81. The van der Waals surface area contributed by atoms with Gasteiger partial charge in [-0.3, -0.25) is 10.6 Å². The van der Waals surface area contributed by atoms with Gasteiger partial charge >= 0.3 is 5.97 Å². The molecule has 0 fully saturated rings. The Balaban J connectivity index is 1.83. The topological polar surface area (TPSA) is 108 Å². The number of esters is 1. The predicted molar refractivity (Wildman–Crippen MR) is 100 cm³/mol. The van der Waals surface area contributed by atoms with Crippen molar-refractivity contribution in [3.05, 3.63) is 59.9 Å². The number of ether oxygens (including phenoxy) is 1. The van der Waals surface area contributed by atoms with E-state index in [9.17, 15) is 13.2 Å². The molecule has 9 heteroatoms. The van der Waals surface area contributed by atoms with Gasteiger partial charge in [-0.05, 0) is 36.8 Å². The molecule has 142 valence electrons. The van der Waals surface area contributed by atoms with Crippen LogP contribution < -0.4 is 5.84 Å². The second-order valence-electron chi connectivity index (χ2n) is 6.00. The Morgan fingerprint density at radius 3 is 2.52 bits per heavy atom. The molecular formula is C18H20N4O4S. The lowest BCUT2D eigenvalue weighted by Crippen LogP contribution is -2.41. The van der Waals surface area contributed by atoms with Crippen molar-refractivity contribution in [1.82, 2.24) is 14.0 Å². The van der Waals surface area contributed by atoms with E-state index in [1.807, 2.05) is 31.2 Å². The molecule has 1 heterocycles. The number of fused-ring (bicyclic) bond motifs is 1. The summed E-state index contributed by atoms with van der Waals surface area (Å²) < 4.78 is 31.8. The maximum Gasteiger partial charge on any atom is 0.322 e. The number of hydrogen-bond acceptors (Lipinski definition) is 6. The molecule has 0 aliphatic carbocycles. The van der Waals surface area contributed by atoms with E-state index in [4.69, 9.17) is 5.84 Å². The molecule has 0 saturated carbocycles. The average Bonchev–Trinajstić information content (AvgIpc) is 2.97. The Morgan fingerprint density at radius 1 is 1.19 bits per heavy atom. The van der Waals surface area contributed by atoms with Crippen molar-refractivity contribution in [2.24, 2.45) is 5.84 Å². The molecule has 0 saturated heterocycles. The van der Waals surface area contributed by atoms with Crippen molar-refractivity contribution >= 4 is 27.0 Å². The van der Waals surface area contributed by atoms with Gasteiger partial charge in [0.2, 0.25) is 0 Å². The molecule has 0 atom stereocenters. The third-order valence-electron chi connectivity index (χ3n) is 4.23. The van der Waals surface area contributed by atoms with Crippen molar-refractivity contribution in [1.29, 1.82) is 0 Å². The number of sulfonamides is 1. The number of methoxy groups -OCH3 is 1. The lowest BCUT2D eigenvalue weighted by Gasteiger charge is -2.15. The number of benzene rings is 2. The fourth-order valence-electron chi connectivity index (χ4n) is 2.76. The summed E-state index contributed by atoms with van der Waals surface area (Å²) in [6, 6.07) is 14.2. The van der Waals surface area contributed by atoms with Gasteiger partial charge in [0.25, 0.3) is 10.0 Å². The normalized spacial score (nSPS) is 11.9. The summed E-state index contributed by atoms with van der Waals surface area (Å²) in [5, 5.41) is 0. The van der Waals surface area contributed by atoms with Crippen LogP contribution in [0.3, 0.4) is 0 Å². The predicted octanol–water partition coefficient (Wildman–Crippen LogP) is 1.43. The number of hydrogen-bond donors (Lipinski definition) is 1. The van der Waals surface area contributed by atoms with E-state index in [0.717, 1.165) is 22.4 Å². The monoisotopic (exact) mass is 388 g/mol. The first-order chi connectivity index (χ1) is 12.8. The number of nitrogens with zero attached hydrogens (tertiary/aromatic N) is 3. The molecule has 0 aliphatic heterocycles. The summed E-state index contributed by atoms with van der Waals surface area (Å²) >= 11 is 0. The first kappa shape index (κ1) is 19.0. The number of carbonyl (C=O) groups excluding carboxylic acids is 1. The van der Waals surface area contributed by atoms with Crippen molar-refractivity contribution in [2.45, 2.75) is 18.4 Å². The number of nitrogens with two attached hydrogens (primary N) is 1. The van der Waals surface area contributed by atoms with E-state index >= 15 is 0 Å². The van der Waals surface area contributed by atoms with E-state index in [1.165, 1.54) is 19.2 Å². The number of rotatable bonds is 6. The second-order valence-corrected chi connectivity index (χ2v) is 7.89. The quantitative estimate of drug-likeness (QED) is 0.389. The molecule has 1 aromatic heterocycles. The number of aryl methyl sites for hydroxylation is 1. The molecule has 0 amide bonds. The lowest BCUT2D eigenvalue weighted by molar-refractivity contribution is -0.140. The number of hydrazine groups is 1. The van der Waals surface area contributed by atoms with E-state index in [0.29, 0.717) is 11.0 Å². The third kappa shape index (κ3) is 3.85. The van der Waals surface area contributed by atoms with Gasteiger partial charge in [-0.2, -0.15) is 0 Å². The van der Waals surface area contributed by atoms with E-state index in [-0.39, 0.29) is 4.90 Å². The largest absolute Gasteiger partial charge is 0.468 e. The van der Waals surface area contributed by atoms with Crippen molar-refractivity contribution in [3.8, 4) is 0 Å². The van der Waals surface area contributed by atoms with Gasteiger partial charge in [0, 0.05) is 6.54 Å². The average molecular weight is 388 g/mol. The Morgan fingerprint density at radius 2 is 1.85 bits per heavy atom. The molecule has 27 heavy (non-hydrogen) atoms. The van der Waals surface area contributed by atoms with Crippen molar-refractivity contribution in [3.63, 3.8) is 0 Å². The van der Waals surface area contributed by atoms with Gasteiger partial charge in [-0.25, -0.2) is 13.4 Å². The zero-order valence-corrected chi connectivity index (χ0v) is 15.8. The zero-order chi connectivity index (χ0) is 19.6. The van der Waals surface area contributed by atoms with Crippen LogP contribution in [0.25, 0.3) is 11.0 Å². The minimum absolute atomic E-state index is 0.00450. The Bertz CT molecular complexity index is 1070. The molecular weight excluding hydrogens is 368 g/mol. The fourth-order valence-corrected chi connectivity index (χ4v) is 3.78. The van der Waals surface area contributed by atoms with E-state index in [1.54, 1.807) is 12.1 Å². The molecule has 2 N–H and O–H groups in total. The molecule has 0 unspecified atom stereocenters. The van der Waals surface area contributed by atoms with Crippen LogP contribution >= 0.6 is 0 Å². The van der Waals surface area contributed by atoms with E-state index < -0.39 is 22.5 Å². The highest BCUT2D eigenvalue weighted by Gasteiger charge is 2.24. The SMILES string of the molecule is COC(=O)CN(N)S(=O)(=O)c1ccc(Cn2c(C)nc3ccccc32)cc1. The van der Waals surface area contributed by atoms with Gasteiger partial charge in [-0.15, -0.1) is 4.41 Å². The summed E-state index contributed by atoms with van der Waals surface area (Å²) in [6.07, 6.45) is 0. The lowest BCUT2D eigenvalue weighted by atomic mass is 10.2. The highest BCUT2D eigenvalue weighted by Crippen LogP contribution is 2.19.